The number of amidine groups is 2. The van der Waals surface area contributed by atoms with Crippen LogP contribution in [0.15, 0.2) is 22.6 Å². The minimum Gasteiger partial charge on any atom is -0.409 e. The van der Waals surface area contributed by atoms with E-state index in [2.05, 4.69) is 32.8 Å². The van der Waals surface area contributed by atoms with Gasteiger partial charge in [-0.1, -0.05) is 16.9 Å². The fraction of sp³-hybridized carbons (Fsp3) is 0.741. The van der Waals surface area contributed by atoms with Crippen LogP contribution in [-0.4, -0.2) is 124 Å². The van der Waals surface area contributed by atoms with Crippen LogP contribution in [0.3, 0.4) is 0 Å². The number of hydrogen-bond acceptors (Lipinski definition) is 14. The molecule has 16 heteroatoms. The first-order chi connectivity index (χ1) is 20.8. The number of rotatable bonds is 27. The van der Waals surface area contributed by atoms with Gasteiger partial charge < -0.3 is 46.6 Å². The Morgan fingerprint density at radius 1 is 0.558 bits per heavy atom. The molecule has 0 aliphatic rings. The molecule has 0 atom stereocenters. The summed E-state index contributed by atoms with van der Waals surface area (Å²) in [5, 5.41) is 47.9. The van der Waals surface area contributed by atoms with E-state index >= 15 is 0 Å². The first kappa shape index (κ1) is 41.4. The van der Waals surface area contributed by atoms with Gasteiger partial charge in [-0.15, -0.1) is 0 Å². The normalized spacial score (nSPS) is 11.4. The second kappa shape index (κ2) is 32.8. The van der Waals surface area contributed by atoms with Crippen molar-refractivity contribution in [1.29, 1.82) is 15.8 Å². The van der Waals surface area contributed by atoms with E-state index in [-0.39, 0.29) is 11.7 Å². The van der Waals surface area contributed by atoms with E-state index in [1.165, 1.54) is 0 Å². The van der Waals surface area contributed by atoms with Gasteiger partial charge in [0.2, 0.25) is 0 Å². The molecular formula is C27H50N10O6. The molecule has 0 aromatic carbocycles. The Balaban J connectivity index is 0. The molecule has 0 fully saturated rings. The van der Waals surface area contributed by atoms with Gasteiger partial charge in [-0.3, -0.25) is 9.80 Å². The lowest BCUT2D eigenvalue weighted by molar-refractivity contribution is 0.0787. The molecule has 8 N–H and O–H groups in total. The van der Waals surface area contributed by atoms with Gasteiger partial charge in [0.25, 0.3) is 0 Å². The molecule has 0 amide bonds. The zero-order chi connectivity index (χ0) is 32.4. The SMILES string of the molecule is C=C(N)CCN(CCOCC/C(N)=N/O)CCOCC/C(N)=N\O.N#CCCOCCN(CCC#N)CCOCCC#N. The van der Waals surface area contributed by atoms with Crippen LogP contribution in [0.5, 0.6) is 0 Å². The standard InChI is InChI=1S/C14H30N6O4.C13H20N4O2/c1-12(15)2-5-20(6-10-23-8-3-13(16)18-21)7-11-24-9-4-14(17)19-22;14-4-1-7-17(8-12-18-10-2-5-15)9-13-19-11-3-6-16/h21-22H,1-11,15H2,(H2,16,18)(H2,17,19);1-3,7-13H2. The van der Waals surface area contributed by atoms with E-state index in [0.717, 1.165) is 6.54 Å². The van der Waals surface area contributed by atoms with Crippen molar-refractivity contribution < 1.29 is 29.4 Å². The van der Waals surface area contributed by atoms with Crippen LogP contribution in [-0.2, 0) is 18.9 Å². The van der Waals surface area contributed by atoms with E-state index in [9.17, 15) is 0 Å². The fourth-order valence-corrected chi connectivity index (χ4v) is 3.05. The fourth-order valence-electron chi connectivity index (χ4n) is 3.05. The van der Waals surface area contributed by atoms with Gasteiger partial charge in [0.05, 0.1) is 83.9 Å². The molecule has 0 spiro atoms. The lowest BCUT2D eigenvalue weighted by Gasteiger charge is -2.22. The summed E-state index contributed by atoms with van der Waals surface area (Å²) in [6.07, 6.45) is 2.72. The minimum absolute atomic E-state index is 0.144. The molecule has 0 bridgehead atoms. The van der Waals surface area contributed by atoms with E-state index in [1.807, 2.05) is 12.1 Å². The Bertz CT molecular complexity index is 818. The van der Waals surface area contributed by atoms with Gasteiger partial charge in [-0.25, -0.2) is 0 Å². The molecule has 0 unspecified atom stereocenters. The molecule has 0 aliphatic carbocycles. The molecule has 0 aromatic rings. The summed E-state index contributed by atoms with van der Waals surface area (Å²) in [5.41, 5.74) is 16.9. The van der Waals surface area contributed by atoms with Crippen LogP contribution in [0.25, 0.3) is 0 Å². The Hall–Kier alpha value is -3.69. The number of ether oxygens (including phenoxy) is 4. The van der Waals surface area contributed by atoms with Gasteiger partial charge in [-0.05, 0) is 6.42 Å². The minimum atomic E-state index is 0.144. The van der Waals surface area contributed by atoms with Crippen molar-refractivity contribution in [2.75, 3.05) is 92.1 Å². The zero-order valence-electron chi connectivity index (χ0n) is 25.2. The van der Waals surface area contributed by atoms with E-state index in [0.29, 0.717) is 130 Å². The van der Waals surface area contributed by atoms with E-state index in [1.54, 1.807) is 0 Å². The molecular weight excluding hydrogens is 560 g/mol. The molecule has 0 aliphatic heterocycles. The second-order valence-electron chi connectivity index (χ2n) is 8.95. The Kier molecular flexibility index (Phi) is 31.6. The Morgan fingerprint density at radius 3 is 1.28 bits per heavy atom. The highest BCUT2D eigenvalue weighted by Crippen LogP contribution is 1.98. The molecule has 244 valence electrons. The molecule has 0 saturated carbocycles. The van der Waals surface area contributed by atoms with Crippen LogP contribution < -0.4 is 17.2 Å². The second-order valence-corrected chi connectivity index (χ2v) is 8.95. The number of nitriles is 3. The first-order valence-corrected chi connectivity index (χ1v) is 14.1. The zero-order valence-corrected chi connectivity index (χ0v) is 25.2. The lowest BCUT2D eigenvalue weighted by atomic mass is 10.3. The summed E-state index contributed by atoms with van der Waals surface area (Å²) >= 11 is 0. The average molecular weight is 611 g/mol. The van der Waals surface area contributed by atoms with Crippen LogP contribution >= 0.6 is 0 Å². The summed E-state index contributed by atoms with van der Waals surface area (Å²) in [7, 11) is 0. The number of hydrogen-bond donors (Lipinski definition) is 5. The maximum atomic E-state index is 8.59. The highest BCUT2D eigenvalue weighted by molar-refractivity contribution is 5.79. The third kappa shape index (κ3) is 32.7. The molecule has 43 heavy (non-hydrogen) atoms. The maximum Gasteiger partial charge on any atom is 0.141 e. The van der Waals surface area contributed by atoms with Gasteiger partial charge >= 0.3 is 0 Å². The molecule has 0 heterocycles. The number of oxime groups is 2. The predicted octanol–water partition coefficient (Wildman–Crippen LogP) is 0.520. The van der Waals surface area contributed by atoms with Crippen molar-refractivity contribution in [2.24, 2.45) is 27.5 Å². The van der Waals surface area contributed by atoms with Gasteiger partial charge in [-0.2, -0.15) is 15.8 Å². The lowest BCUT2D eigenvalue weighted by Crippen LogP contribution is -2.33. The Labute approximate surface area is 255 Å². The van der Waals surface area contributed by atoms with E-state index < -0.39 is 0 Å². The van der Waals surface area contributed by atoms with Crippen molar-refractivity contribution in [1.82, 2.24) is 9.80 Å². The summed E-state index contributed by atoms with van der Waals surface area (Å²) in [6, 6.07) is 6.14. The highest BCUT2D eigenvalue weighted by atomic mass is 16.5. The average Bonchev–Trinajstić information content (AvgIpc) is 3.00. The topological polar surface area (TPSA) is 258 Å². The predicted molar refractivity (Wildman–Crippen MR) is 161 cm³/mol. The van der Waals surface area contributed by atoms with Gasteiger partial charge in [0, 0.05) is 64.2 Å². The third-order valence-electron chi connectivity index (χ3n) is 5.47. The van der Waals surface area contributed by atoms with Crippen molar-refractivity contribution in [3.63, 3.8) is 0 Å². The molecule has 0 rings (SSSR count). The van der Waals surface area contributed by atoms with E-state index in [4.69, 9.17) is 62.3 Å². The van der Waals surface area contributed by atoms with Crippen molar-refractivity contribution in [2.45, 2.75) is 38.5 Å². The maximum absolute atomic E-state index is 8.59. The molecule has 0 aromatic heterocycles. The van der Waals surface area contributed by atoms with Crippen molar-refractivity contribution >= 4 is 11.7 Å². The van der Waals surface area contributed by atoms with Crippen LogP contribution in [0.1, 0.15) is 38.5 Å². The van der Waals surface area contributed by atoms with Gasteiger partial charge in [0.1, 0.15) is 11.7 Å². The highest BCUT2D eigenvalue weighted by Gasteiger charge is 2.07. The van der Waals surface area contributed by atoms with Gasteiger partial charge in [0.15, 0.2) is 0 Å². The van der Waals surface area contributed by atoms with Crippen LogP contribution in [0, 0.1) is 34.0 Å². The number of nitrogens with zero attached hydrogens (tertiary/aromatic N) is 7. The van der Waals surface area contributed by atoms with Crippen LogP contribution in [0.2, 0.25) is 0 Å². The Morgan fingerprint density at radius 2 is 0.930 bits per heavy atom. The third-order valence-corrected chi connectivity index (χ3v) is 5.47. The first-order valence-electron chi connectivity index (χ1n) is 14.1. The summed E-state index contributed by atoms with van der Waals surface area (Å²) in [5.74, 6) is 0.288. The van der Waals surface area contributed by atoms with Crippen molar-refractivity contribution in [3.8, 4) is 18.2 Å². The summed E-state index contributed by atoms with van der Waals surface area (Å²) < 4.78 is 21.5. The molecule has 16 nitrogen and oxygen atoms in total. The molecule has 0 saturated heterocycles. The number of nitrogens with two attached hydrogens (primary N) is 3. The van der Waals surface area contributed by atoms with Crippen molar-refractivity contribution in [3.05, 3.63) is 12.3 Å². The molecule has 0 radical (unpaired) electrons. The smallest absolute Gasteiger partial charge is 0.141 e. The monoisotopic (exact) mass is 610 g/mol. The largest absolute Gasteiger partial charge is 0.409 e. The quantitative estimate of drug-likeness (QED) is 0.0279. The van der Waals surface area contributed by atoms with Crippen LogP contribution in [0.4, 0.5) is 0 Å². The summed E-state index contributed by atoms with van der Waals surface area (Å²) in [6.45, 7) is 11.8. The summed E-state index contributed by atoms with van der Waals surface area (Å²) in [4.78, 5) is 4.23.